The minimum Gasteiger partial charge on any atom is -0.392 e. The molecule has 0 aliphatic rings. The number of carbonyl (C=O) groups excluding carboxylic acids is 1. The van der Waals surface area contributed by atoms with Gasteiger partial charge in [0.15, 0.2) is 0 Å². The van der Waals surface area contributed by atoms with E-state index in [0.29, 0.717) is 6.42 Å². The maximum Gasteiger partial charge on any atom is 0.146 e. The summed E-state index contributed by atoms with van der Waals surface area (Å²) < 4.78 is 0. The fraction of sp³-hybridized carbons (Fsp3) is 0.364. The molecule has 0 amide bonds. The minimum absolute atomic E-state index is 0.0162. The molecule has 0 aliphatic heterocycles. The predicted molar refractivity (Wildman–Crippen MR) is 59.7 cm³/mol. The van der Waals surface area contributed by atoms with E-state index in [-0.39, 0.29) is 18.1 Å². The second-order valence-corrected chi connectivity index (χ2v) is 3.61. The summed E-state index contributed by atoms with van der Waals surface area (Å²) in [5.74, 6) is 0.370. The van der Waals surface area contributed by atoms with E-state index in [2.05, 4.69) is 12.6 Å². The number of ketones is 1. The first-order valence-electron chi connectivity index (χ1n) is 4.49. The third kappa shape index (κ3) is 2.86. The van der Waals surface area contributed by atoms with Crippen LogP contribution in [0, 0.1) is 6.92 Å². The maximum absolute atomic E-state index is 11.2. The summed E-state index contributed by atoms with van der Waals surface area (Å²) in [6.45, 7) is 1.98. The number of benzene rings is 1. The Bertz CT molecular complexity index is 334. The van der Waals surface area contributed by atoms with Gasteiger partial charge in [-0.25, -0.2) is 0 Å². The van der Waals surface area contributed by atoms with Crippen LogP contribution in [0.2, 0.25) is 0 Å². The number of thiol groups is 1. The normalized spacial score (nSPS) is 10.2. The van der Waals surface area contributed by atoms with E-state index >= 15 is 0 Å². The molecule has 76 valence electrons. The van der Waals surface area contributed by atoms with Crippen LogP contribution >= 0.6 is 12.6 Å². The number of aliphatic hydroxyl groups excluding tert-OH is 1. The zero-order chi connectivity index (χ0) is 10.6. The zero-order valence-corrected chi connectivity index (χ0v) is 9.05. The number of rotatable bonds is 4. The van der Waals surface area contributed by atoms with Crippen molar-refractivity contribution in [2.45, 2.75) is 20.0 Å². The highest BCUT2D eigenvalue weighted by Crippen LogP contribution is 2.12. The molecule has 0 spiro atoms. The van der Waals surface area contributed by atoms with Crippen LogP contribution in [0.15, 0.2) is 18.2 Å². The van der Waals surface area contributed by atoms with Crippen molar-refractivity contribution in [3.63, 3.8) is 0 Å². The van der Waals surface area contributed by atoms with E-state index in [1.165, 1.54) is 0 Å². The Morgan fingerprint density at radius 2 is 2.21 bits per heavy atom. The number of hydrogen-bond donors (Lipinski definition) is 2. The van der Waals surface area contributed by atoms with Crippen molar-refractivity contribution >= 4 is 18.4 Å². The molecule has 0 saturated heterocycles. The second kappa shape index (κ2) is 5.17. The summed E-state index contributed by atoms with van der Waals surface area (Å²) in [4.78, 5) is 11.2. The van der Waals surface area contributed by atoms with Crippen molar-refractivity contribution in [3.8, 4) is 0 Å². The van der Waals surface area contributed by atoms with E-state index in [1.54, 1.807) is 0 Å². The first kappa shape index (κ1) is 11.3. The topological polar surface area (TPSA) is 37.3 Å². The fourth-order valence-corrected chi connectivity index (χ4v) is 1.39. The molecular weight excluding hydrogens is 196 g/mol. The van der Waals surface area contributed by atoms with Gasteiger partial charge in [0.1, 0.15) is 5.78 Å². The Balaban J connectivity index is 2.89. The van der Waals surface area contributed by atoms with Crippen molar-refractivity contribution in [2.75, 3.05) is 5.75 Å². The Labute approximate surface area is 89.4 Å². The molecule has 0 atom stereocenters. The van der Waals surface area contributed by atoms with E-state index in [0.717, 1.165) is 16.7 Å². The Morgan fingerprint density at radius 3 is 2.79 bits per heavy atom. The molecule has 14 heavy (non-hydrogen) atoms. The smallest absolute Gasteiger partial charge is 0.146 e. The first-order chi connectivity index (χ1) is 6.67. The van der Waals surface area contributed by atoms with Gasteiger partial charge < -0.3 is 5.11 Å². The van der Waals surface area contributed by atoms with Gasteiger partial charge in [0.25, 0.3) is 0 Å². The molecule has 0 aliphatic carbocycles. The highest BCUT2D eigenvalue weighted by molar-refractivity contribution is 7.81. The van der Waals surface area contributed by atoms with E-state index in [4.69, 9.17) is 5.11 Å². The lowest BCUT2D eigenvalue weighted by Crippen LogP contribution is -2.05. The van der Waals surface area contributed by atoms with Crippen molar-refractivity contribution in [2.24, 2.45) is 0 Å². The molecule has 0 unspecified atom stereocenters. The summed E-state index contributed by atoms with van der Waals surface area (Å²) >= 11 is 3.93. The summed E-state index contributed by atoms with van der Waals surface area (Å²) in [5.41, 5.74) is 2.91. The van der Waals surface area contributed by atoms with E-state index < -0.39 is 0 Å². The fourth-order valence-electron chi connectivity index (χ4n) is 1.28. The van der Waals surface area contributed by atoms with Gasteiger partial charge >= 0.3 is 0 Å². The van der Waals surface area contributed by atoms with Crippen LogP contribution in [0.3, 0.4) is 0 Å². The summed E-state index contributed by atoms with van der Waals surface area (Å²) in [5, 5.41) is 8.94. The minimum atomic E-state index is 0.0162. The Morgan fingerprint density at radius 1 is 1.50 bits per heavy atom. The van der Waals surface area contributed by atoms with Crippen molar-refractivity contribution in [3.05, 3.63) is 34.9 Å². The van der Waals surface area contributed by atoms with Crippen LogP contribution in [0.5, 0.6) is 0 Å². The number of aryl methyl sites for hydroxylation is 1. The Hall–Kier alpha value is -0.800. The first-order valence-corrected chi connectivity index (χ1v) is 5.12. The third-order valence-electron chi connectivity index (χ3n) is 2.16. The number of aliphatic hydroxyl groups is 1. The van der Waals surface area contributed by atoms with Crippen molar-refractivity contribution in [1.82, 2.24) is 0 Å². The monoisotopic (exact) mass is 210 g/mol. The Kier molecular flexibility index (Phi) is 4.17. The molecule has 1 aromatic carbocycles. The van der Waals surface area contributed by atoms with Gasteiger partial charge in [0.2, 0.25) is 0 Å². The number of carbonyl (C=O) groups is 1. The van der Waals surface area contributed by atoms with Crippen molar-refractivity contribution in [1.29, 1.82) is 0 Å². The highest BCUT2D eigenvalue weighted by Gasteiger charge is 2.05. The van der Waals surface area contributed by atoms with Crippen LogP contribution in [0.4, 0.5) is 0 Å². The molecule has 0 radical (unpaired) electrons. The molecule has 0 heterocycles. The molecule has 1 N–H and O–H groups in total. The molecule has 0 saturated carbocycles. The quantitative estimate of drug-likeness (QED) is 0.739. The van der Waals surface area contributed by atoms with Crippen LogP contribution < -0.4 is 0 Å². The lowest BCUT2D eigenvalue weighted by molar-refractivity contribution is -0.115. The summed E-state index contributed by atoms with van der Waals surface area (Å²) in [7, 11) is 0. The van der Waals surface area contributed by atoms with Gasteiger partial charge in [-0.2, -0.15) is 12.6 Å². The van der Waals surface area contributed by atoms with Gasteiger partial charge in [-0.15, -0.1) is 0 Å². The van der Waals surface area contributed by atoms with Crippen LogP contribution in [-0.4, -0.2) is 16.6 Å². The van der Waals surface area contributed by atoms with Crippen LogP contribution in [0.1, 0.15) is 16.7 Å². The molecule has 0 fully saturated rings. The molecule has 0 bridgehead atoms. The van der Waals surface area contributed by atoms with Gasteiger partial charge in [-0.3, -0.25) is 4.79 Å². The lowest BCUT2D eigenvalue weighted by Gasteiger charge is -2.06. The molecule has 1 aromatic rings. The highest BCUT2D eigenvalue weighted by atomic mass is 32.1. The SMILES string of the molecule is Cc1ccc(CO)cc1CC(=O)CS. The average Bonchev–Trinajstić information content (AvgIpc) is 2.21. The van der Waals surface area contributed by atoms with Crippen LogP contribution in [0.25, 0.3) is 0 Å². The molecule has 2 nitrogen and oxygen atoms in total. The third-order valence-corrected chi connectivity index (χ3v) is 2.51. The molecule has 1 rings (SSSR count). The maximum atomic E-state index is 11.2. The predicted octanol–water partition coefficient (Wildman–Crippen LogP) is 1.53. The second-order valence-electron chi connectivity index (χ2n) is 3.29. The molecular formula is C11H14O2S. The number of Topliss-reactive ketones (excluding diaryl/α,β-unsaturated/α-hetero) is 1. The average molecular weight is 210 g/mol. The molecule has 3 heteroatoms. The molecule has 0 aromatic heterocycles. The lowest BCUT2D eigenvalue weighted by atomic mass is 10.0. The standard InChI is InChI=1S/C11H14O2S/c1-8-2-3-9(6-12)4-10(8)5-11(13)7-14/h2-4,12,14H,5-7H2,1H3. The van der Waals surface area contributed by atoms with E-state index in [1.807, 2.05) is 25.1 Å². The van der Waals surface area contributed by atoms with Gasteiger partial charge in [0, 0.05) is 12.2 Å². The number of hydrogen-bond acceptors (Lipinski definition) is 3. The van der Waals surface area contributed by atoms with Crippen molar-refractivity contribution < 1.29 is 9.90 Å². The summed E-state index contributed by atoms with van der Waals surface area (Å²) in [6.07, 6.45) is 0.406. The van der Waals surface area contributed by atoms with E-state index in [9.17, 15) is 4.79 Å². The summed E-state index contributed by atoms with van der Waals surface area (Å²) in [6, 6.07) is 5.66. The van der Waals surface area contributed by atoms with Gasteiger partial charge in [0.05, 0.1) is 6.61 Å². The van der Waals surface area contributed by atoms with Gasteiger partial charge in [-0.1, -0.05) is 18.2 Å². The largest absolute Gasteiger partial charge is 0.392 e. The van der Waals surface area contributed by atoms with Gasteiger partial charge in [-0.05, 0) is 23.6 Å². The zero-order valence-electron chi connectivity index (χ0n) is 8.16. The van der Waals surface area contributed by atoms with Crippen LogP contribution in [-0.2, 0) is 17.8 Å².